The number of hydrogen-bond acceptors (Lipinski definition) is 14. The fraction of sp³-hybridized carbons (Fsp3) is 0.0194. The molecular weight excluding hydrogens is 1460 g/mol. The number of benzene rings is 14. The van der Waals surface area contributed by atoms with Crippen LogP contribution >= 0.6 is 0 Å². The molecule has 0 bridgehead atoms. The maximum absolute atomic E-state index is 12.3. The number of hydrogen-bond donors (Lipinski definition) is 0. The van der Waals surface area contributed by atoms with Crippen molar-refractivity contribution in [3.63, 3.8) is 0 Å². The van der Waals surface area contributed by atoms with E-state index in [9.17, 15) is 33.6 Å². The number of furan rings is 1. The topological polar surface area (TPSA) is 208 Å². The van der Waals surface area contributed by atoms with Crippen LogP contribution in [0.4, 0.5) is 0 Å². The number of ketones is 2. The maximum Gasteiger partial charge on any atom is 0.336 e. The fourth-order valence-electron chi connectivity index (χ4n) is 12.3. The normalized spacial score (nSPS) is 11.4. The van der Waals surface area contributed by atoms with Crippen molar-refractivity contribution in [1.82, 2.24) is 0 Å². The van der Waals surface area contributed by atoms with Crippen molar-refractivity contribution in [2.45, 2.75) is 12.5 Å². The summed E-state index contributed by atoms with van der Waals surface area (Å²) in [4.78, 5) is 80.8. The van der Waals surface area contributed by atoms with E-state index in [4.69, 9.17) is 31.2 Å². The van der Waals surface area contributed by atoms with E-state index < -0.39 is 0 Å². The Hall–Kier alpha value is -15.9. The van der Waals surface area contributed by atoms with E-state index in [1.807, 2.05) is 285 Å². The molecule has 7 heterocycles. The van der Waals surface area contributed by atoms with Crippen LogP contribution in [-0.2, 0) is 0 Å². The third kappa shape index (κ3) is 21.8. The molecule has 0 saturated heterocycles. The Morgan fingerprint density at radius 1 is 0.282 bits per heavy atom. The molecule has 0 aliphatic carbocycles. The molecule has 1 aliphatic rings. The van der Waals surface area contributed by atoms with E-state index >= 15 is 0 Å². The molecule has 1 atom stereocenters. The third-order valence-corrected chi connectivity index (χ3v) is 18.1. The highest BCUT2D eigenvalue weighted by atomic mass is 16.5. The van der Waals surface area contributed by atoms with Gasteiger partial charge in [0.1, 0.15) is 57.4 Å². The molecule has 117 heavy (non-hydrogen) atoms. The Bertz CT molecular complexity index is 6790. The fourth-order valence-corrected chi connectivity index (χ4v) is 12.3. The van der Waals surface area contributed by atoms with Gasteiger partial charge in [-0.25, -0.2) is 9.59 Å². The van der Waals surface area contributed by atoms with Crippen molar-refractivity contribution in [1.29, 1.82) is 0 Å². The summed E-state index contributed by atoms with van der Waals surface area (Å²) in [6.07, 6.45) is 4.81. The number of Topliss-reactive ketones (excluding diaryl/α,β-unsaturated/α-hetero) is 1. The maximum atomic E-state index is 12.3. The lowest BCUT2D eigenvalue weighted by atomic mass is 9.96. The summed E-state index contributed by atoms with van der Waals surface area (Å²) in [5.74, 6) is 1.53. The van der Waals surface area contributed by atoms with E-state index in [2.05, 4.69) is 48.5 Å². The van der Waals surface area contributed by atoms with Gasteiger partial charge in [0.15, 0.2) is 27.9 Å². The molecule has 14 heteroatoms. The number of fused-ring (bicyclic) bond motifs is 8. The van der Waals surface area contributed by atoms with Gasteiger partial charge in [-0.15, -0.1) is 0 Å². The number of ether oxygens (including phenoxy) is 1. The second-order valence-corrected chi connectivity index (χ2v) is 26.1. The van der Waals surface area contributed by atoms with Crippen LogP contribution in [0.15, 0.2) is 482 Å². The molecule has 14 aromatic carbocycles. The number of carbonyl (C=O) groups is 2. The van der Waals surface area contributed by atoms with Crippen LogP contribution < -0.4 is 32.3 Å². The minimum Gasteiger partial charge on any atom is -0.484 e. The SMILES string of the molecule is O=C(c1ccccc1)c1ccccc1.O=C1CC(c2ccccc2)Oc2ccccc21.O=c1c(-c2ccccc2)coc2ccccc12.O=c1cc(-c2ccccc2)oc2ccccc12.O=c1ccc2cc3ccoc3cc2o1.O=c1ccc2ccccc2o1.O=c1ccoc2ccccc12.c1ccc2ccccc2c1.c1ccccc1. The monoisotopic (exact) mass is 1530 g/mol. The molecule has 1 unspecified atom stereocenters. The highest BCUT2D eigenvalue weighted by Crippen LogP contribution is 2.35. The van der Waals surface area contributed by atoms with Crippen LogP contribution in [0.5, 0.6) is 5.75 Å². The Kier molecular flexibility index (Phi) is 27.3. The largest absolute Gasteiger partial charge is 0.484 e. The molecule has 14 nitrogen and oxygen atoms in total. The van der Waals surface area contributed by atoms with E-state index in [0.717, 1.165) is 49.6 Å². The van der Waals surface area contributed by atoms with Crippen LogP contribution in [-0.4, -0.2) is 11.6 Å². The zero-order valence-electron chi connectivity index (χ0n) is 63.0. The lowest BCUT2D eigenvalue weighted by molar-refractivity contribution is 0.0849. The van der Waals surface area contributed by atoms with Gasteiger partial charge in [0.05, 0.1) is 46.2 Å². The average Bonchev–Trinajstić information content (AvgIpc) is 1.80. The summed E-state index contributed by atoms with van der Waals surface area (Å²) < 4.78 is 37.3. The van der Waals surface area contributed by atoms with Crippen molar-refractivity contribution in [2.75, 3.05) is 0 Å². The molecule has 1 aliphatic heterocycles. The van der Waals surface area contributed by atoms with Gasteiger partial charge >= 0.3 is 11.3 Å². The Balaban J connectivity index is 0.000000116. The Morgan fingerprint density at radius 2 is 0.709 bits per heavy atom. The summed E-state index contributed by atoms with van der Waals surface area (Å²) in [6, 6.07) is 128. The average molecular weight is 1540 g/mol. The van der Waals surface area contributed by atoms with Crippen LogP contribution in [0.25, 0.3) is 99.0 Å². The number of para-hydroxylation sites is 5. The second-order valence-electron chi connectivity index (χ2n) is 26.1. The Labute approximate surface area is 670 Å². The van der Waals surface area contributed by atoms with Gasteiger partial charge < -0.3 is 31.2 Å². The summed E-state index contributed by atoms with van der Waals surface area (Å²) >= 11 is 0. The van der Waals surface area contributed by atoms with Crippen molar-refractivity contribution < 1.29 is 40.8 Å². The van der Waals surface area contributed by atoms with E-state index in [1.54, 1.807) is 60.9 Å². The molecule has 6 aromatic heterocycles. The first kappa shape index (κ1) is 79.2. The molecule has 20 aromatic rings. The van der Waals surface area contributed by atoms with E-state index in [1.165, 1.54) is 47.6 Å². The summed E-state index contributed by atoms with van der Waals surface area (Å²) in [5, 5.41) is 7.35. The number of rotatable bonds is 5. The summed E-state index contributed by atoms with van der Waals surface area (Å²) in [5.41, 5.74) is 8.78. The first-order valence-electron chi connectivity index (χ1n) is 37.4. The van der Waals surface area contributed by atoms with Crippen molar-refractivity contribution in [2.24, 2.45) is 0 Å². The minimum atomic E-state index is -0.344. The van der Waals surface area contributed by atoms with Crippen molar-refractivity contribution in [3.05, 3.63) is 505 Å². The molecule has 0 saturated carbocycles. The molecule has 0 spiro atoms. The van der Waals surface area contributed by atoms with Gasteiger partial charge in [-0.05, 0) is 101 Å². The molecule has 0 fully saturated rings. The third-order valence-electron chi connectivity index (χ3n) is 18.1. The molecule has 0 radical (unpaired) electrons. The van der Waals surface area contributed by atoms with Crippen molar-refractivity contribution in [3.8, 4) is 28.2 Å². The van der Waals surface area contributed by atoms with Gasteiger partial charge in [0.25, 0.3) is 0 Å². The van der Waals surface area contributed by atoms with E-state index in [-0.39, 0.29) is 45.2 Å². The Morgan fingerprint density at radius 3 is 1.30 bits per heavy atom. The van der Waals surface area contributed by atoms with Crippen LogP contribution in [0.1, 0.15) is 44.4 Å². The van der Waals surface area contributed by atoms with Crippen LogP contribution in [0, 0.1) is 0 Å². The van der Waals surface area contributed by atoms with Crippen LogP contribution in [0.3, 0.4) is 0 Å². The molecule has 0 amide bonds. The summed E-state index contributed by atoms with van der Waals surface area (Å²) in [6.45, 7) is 0. The second kappa shape index (κ2) is 40.3. The highest BCUT2D eigenvalue weighted by molar-refractivity contribution is 6.09. The smallest absolute Gasteiger partial charge is 0.336 e. The standard InChI is InChI=1S/C15H12O2.2C15H10O2.C13H10O.C11H6O3.C10H8.2C9H6O2.C6H6/c2*16-13-10-15(11-6-2-1-3-7-11)17-14-9-5-4-8-12(13)14;16-15-12-8-4-5-9-14(12)17-10-13(15)11-6-2-1-3-7-11;14-13(11-7-3-1-4-8-11)12-9-5-2-6-10-12;12-11-2-1-7-5-8-3-4-13-9(8)6-10(7)14-11;1-2-6-10-8-4-3-7-9(10)5-1;10-8-5-6-11-9-4-2-1-3-7(8)9;10-9-6-5-7-3-1-2-4-8(7)11-9;1-2-4-6-5-3-1/h1-9,15H,10H2;2*1-10H;1-10H;1-6H;1-8H;2*1-6H;1-6H. The molecular formula is C103H74O14. The number of carbonyl (C=O) groups excluding carboxylic acids is 2. The highest BCUT2D eigenvalue weighted by Gasteiger charge is 2.27. The van der Waals surface area contributed by atoms with E-state index in [0.29, 0.717) is 73.1 Å². The van der Waals surface area contributed by atoms with Gasteiger partial charge in [-0.3, -0.25) is 24.0 Å². The molecule has 570 valence electrons. The van der Waals surface area contributed by atoms with Gasteiger partial charge in [-0.1, -0.05) is 303 Å². The first-order valence-corrected chi connectivity index (χ1v) is 37.4. The van der Waals surface area contributed by atoms with Gasteiger partial charge in [0, 0.05) is 63.2 Å². The zero-order chi connectivity index (χ0) is 80.8. The molecule has 21 rings (SSSR count). The zero-order valence-corrected chi connectivity index (χ0v) is 63.0. The molecule has 0 N–H and O–H groups in total. The summed E-state index contributed by atoms with van der Waals surface area (Å²) in [7, 11) is 0. The van der Waals surface area contributed by atoms with Gasteiger partial charge in [0.2, 0.25) is 0 Å². The quantitative estimate of drug-likeness (QED) is 0.116. The lowest BCUT2D eigenvalue weighted by Gasteiger charge is -2.25. The van der Waals surface area contributed by atoms with Crippen LogP contribution in [0.2, 0.25) is 0 Å². The first-order chi connectivity index (χ1) is 57.5. The lowest BCUT2D eigenvalue weighted by Crippen LogP contribution is -2.20. The van der Waals surface area contributed by atoms with Gasteiger partial charge in [-0.2, -0.15) is 0 Å². The minimum absolute atomic E-state index is 0.00634. The predicted octanol–water partition coefficient (Wildman–Crippen LogP) is 23.9. The predicted molar refractivity (Wildman–Crippen MR) is 465 cm³/mol. The van der Waals surface area contributed by atoms with Crippen molar-refractivity contribution >= 4 is 88.2 Å².